The third-order valence-corrected chi connectivity index (χ3v) is 6.08. The number of aryl methyl sites for hydroxylation is 2. The van der Waals surface area contributed by atoms with Gasteiger partial charge in [0.1, 0.15) is 5.75 Å². The Morgan fingerprint density at radius 2 is 2.09 bits per heavy atom. The molecule has 4 rings (SSSR count). The highest BCUT2D eigenvalue weighted by molar-refractivity contribution is 5.78. The fourth-order valence-corrected chi connectivity index (χ4v) is 4.27. The minimum Gasteiger partial charge on any atom is -0.497 e. The number of rotatable bonds is 9. The summed E-state index contributed by atoms with van der Waals surface area (Å²) in [5.41, 5.74) is 3.36. The van der Waals surface area contributed by atoms with E-state index in [9.17, 15) is 4.79 Å². The predicted octanol–water partition coefficient (Wildman–Crippen LogP) is 4.01. The molecule has 0 saturated carbocycles. The maximum absolute atomic E-state index is 12.7. The van der Waals surface area contributed by atoms with Gasteiger partial charge in [0.25, 0.3) is 0 Å². The Morgan fingerprint density at radius 1 is 1.24 bits per heavy atom. The van der Waals surface area contributed by atoms with E-state index in [0.717, 1.165) is 49.1 Å². The highest BCUT2D eigenvalue weighted by atomic mass is 16.5. The molecule has 1 aromatic heterocycles. The molecule has 2 aromatic carbocycles. The maximum atomic E-state index is 12.7. The van der Waals surface area contributed by atoms with Crippen LogP contribution < -0.4 is 10.1 Å². The molecule has 1 fully saturated rings. The summed E-state index contributed by atoms with van der Waals surface area (Å²) >= 11 is 0. The van der Waals surface area contributed by atoms with E-state index in [1.165, 1.54) is 5.56 Å². The number of nitrogens with zero attached hydrogens (tertiary/aromatic N) is 3. The smallest absolute Gasteiger partial charge is 0.241 e. The minimum absolute atomic E-state index is 0.00102. The van der Waals surface area contributed by atoms with Crippen LogP contribution in [0.15, 0.2) is 53.1 Å². The summed E-state index contributed by atoms with van der Waals surface area (Å²) in [6.07, 6.45) is 3.75. The minimum atomic E-state index is -0.00102. The van der Waals surface area contributed by atoms with Crippen LogP contribution >= 0.6 is 0 Å². The number of methoxy groups -OCH3 is 1. The molecule has 0 spiro atoms. The van der Waals surface area contributed by atoms with Crippen molar-refractivity contribution in [3.8, 4) is 17.1 Å². The van der Waals surface area contributed by atoms with E-state index in [0.29, 0.717) is 31.3 Å². The quantitative estimate of drug-likeness (QED) is 0.498. The average Bonchev–Trinajstić information content (AvgIpc) is 3.31. The van der Waals surface area contributed by atoms with Gasteiger partial charge in [-0.3, -0.25) is 9.69 Å². The summed E-state index contributed by atoms with van der Waals surface area (Å²) in [5.74, 6) is 2.20. The third kappa shape index (κ3) is 6.42. The monoisotopic (exact) mass is 448 g/mol. The summed E-state index contributed by atoms with van der Waals surface area (Å²) in [4.78, 5) is 19.5. The fourth-order valence-electron chi connectivity index (χ4n) is 4.27. The van der Waals surface area contributed by atoms with Crippen LogP contribution in [-0.2, 0) is 17.8 Å². The SMILES string of the molecule is COc1ccc(CCCNC(=O)C2CCCN(Cc3nc(-c4cccc(C)c4)no3)C2)cc1. The van der Waals surface area contributed by atoms with Crippen LogP contribution in [0.3, 0.4) is 0 Å². The van der Waals surface area contributed by atoms with Gasteiger partial charge in [0, 0.05) is 18.7 Å². The van der Waals surface area contributed by atoms with Crippen molar-refractivity contribution < 1.29 is 14.1 Å². The Bertz CT molecular complexity index is 1050. The number of hydrogen-bond acceptors (Lipinski definition) is 6. The molecular weight excluding hydrogens is 416 g/mol. The van der Waals surface area contributed by atoms with E-state index < -0.39 is 0 Å². The Labute approximate surface area is 195 Å². The van der Waals surface area contributed by atoms with Crippen LogP contribution in [0.4, 0.5) is 0 Å². The average molecular weight is 449 g/mol. The molecule has 0 aliphatic carbocycles. The molecule has 2 heterocycles. The van der Waals surface area contributed by atoms with E-state index in [4.69, 9.17) is 9.26 Å². The predicted molar refractivity (Wildman–Crippen MR) is 127 cm³/mol. The molecule has 33 heavy (non-hydrogen) atoms. The molecule has 1 amide bonds. The van der Waals surface area contributed by atoms with Crippen molar-refractivity contribution >= 4 is 5.91 Å². The van der Waals surface area contributed by atoms with Gasteiger partial charge in [-0.2, -0.15) is 4.98 Å². The van der Waals surface area contributed by atoms with Crippen molar-refractivity contribution in [2.24, 2.45) is 5.92 Å². The fraction of sp³-hybridized carbons (Fsp3) is 0.423. The first-order valence-corrected chi connectivity index (χ1v) is 11.6. The lowest BCUT2D eigenvalue weighted by Gasteiger charge is -2.30. The molecular formula is C26H32N4O3. The van der Waals surface area contributed by atoms with Gasteiger partial charge < -0.3 is 14.6 Å². The van der Waals surface area contributed by atoms with E-state index in [1.807, 2.05) is 43.3 Å². The van der Waals surface area contributed by atoms with Gasteiger partial charge in [-0.25, -0.2) is 0 Å². The Morgan fingerprint density at radius 3 is 2.88 bits per heavy atom. The number of carbonyl (C=O) groups is 1. The number of benzene rings is 2. The first kappa shape index (κ1) is 23.0. The number of likely N-dealkylation sites (tertiary alicyclic amines) is 1. The van der Waals surface area contributed by atoms with Gasteiger partial charge in [-0.1, -0.05) is 41.1 Å². The maximum Gasteiger partial charge on any atom is 0.241 e. The molecule has 7 nitrogen and oxygen atoms in total. The number of carbonyl (C=O) groups excluding carboxylic acids is 1. The number of hydrogen-bond donors (Lipinski definition) is 1. The van der Waals surface area contributed by atoms with Crippen molar-refractivity contribution in [3.63, 3.8) is 0 Å². The molecule has 0 radical (unpaired) electrons. The zero-order valence-electron chi connectivity index (χ0n) is 19.4. The van der Waals surface area contributed by atoms with Gasteiger partial charge in [0.15, 0.2) is 0 Å². The summed E-state index contributed by atoms with van der Waals surface area (Å²) in [6, 6.07) is 16.1. The Hall–Kier alpha value is -3.19. The lowest BCUT2D eigenvalue weighted by Crippen LogP contribution is -2.43. The number of nitrogens with one attached hydrogen (secondary N) is 1. The highest BCUT2D eigenvalue weighted by Gasteiger charge is 2.26. The molecule has 3 aromatic rings. The standard InChI is InChI=1S/C26H32N4O3/c1-19-6-3-8-21(16-19)25-28-24(33-29-25)18-30-15-5-9-22(17-30)26(31)27-14-4-7-20-10-12-23(32-2)13-11-20/h3,6,8,10-13,16,22H,4-5,7,9,14-15,17-18H2,1-2H3,(H,27,31). The van der Waals surface area contributed by atoms with E-state index in [1.54, 1.807) is 7.11 Å². The Kier molecular flexibility index (Phi) is 7.73. The number of ether oxygens (including phenoxy) is 1. The van der Waals surface area contributed by atoms with Crippen LogP contribution in [0.1, 0.15) is 36.3 Å². The van der Waals surface area contributed by atoms with Crippen molar-refractivity contribution in [2.75, 3.05) is 26.7 Å². The van der Waals surface area contributed by atoms with Crippen molar-refractivity contribution in [3.05, 3.63) is 65.5 Å². The first-order valence-electron chi connectivity index (χ1n) is 11.6. The van der Waals surface area contributed by atoms with Gasteiger partial charge in [-0.15, -0.1) is 0 Å². The van der Waals surface area contributed by atoms with Crippen molar-refractivity contribution in [1.82, 2.24) is 20.4 Å². The third-order valence-electron chi connectivity index (χ3n) is 6.08. The summed E-state index contributed by atoms with van der Waals surface area (Å²) in [7, 11) is 1.67. The van der Waals surface area contributed by atoms with Crippen LogP contribution in [-0.4, -0.2) is 47.7 Å². The van der Waals surface area contributed by atoms with E-state index in [-0.39, 0.29) is 11.8 Å². The largest absolute Gasteiger partial charge is 0.497 e. The Balaban J connectivity index is 1.22. The molecule has 1 saturated heterocycles. The van der Waals surface area contributed by atoms with Crippen LogP contribution in [0.2, 0.25) is 0 Å². The topological polar surface area (TPSA) is 80.5 Å². The first-order chi connectivity index (χ1) is 16.1. The molecule has 7 heteroatoms. The van der Waals surface area contributed by atoms with Crippen LogP contribution in [0, 0.1) is 12.8 Å². The van der Waals surface area contributed by atoms with Crippen LogP contribution in [0.5, 0.6) is 5.75 Å². The summed E-state index contributed by atoms with van der Waals surface area (Å²) < 4.78 is 10.7. The van der Waals surface area contributed by atoms with Gasteiger partial charge in [0.2, 0.25) is 17.6 Å². The number of amides is 1. The van der Waals surface area contributed by atoms with Crippen molar-refractivity contribution in [1.29, 1.82) is 0 Å². The normalized spacial score (nSPS) is 16.5. The molecule has 0 bridgehead atoms. The molecule has 1 aliphatic heterocycles. The lowest BCUT2D eigenvalue weighted by atomic mass is 9.97. The number of piperidine rings is 1. The summed E-state index contributed by atoms with van der Waals surface area (Å²) in [6.45, 7) is 4.95. The zero-order chi connectivity index (χ0) is 23.0. The van der Waals surface area contributed by atoms with Crippen molar-refractivity contribution in [2.45, 2.75) is 39.2 Å². The van der Waals surface area contributed by atoms with Gasteiger partial charge in [0.05, 0.1) is 19.6 Å². The van der Waals surface area contributed by atoms with Crippen LogP contribution in [0.25, 0.3) is 11.4 Å². The van der Waals surface area contributed by atoms with Gasteiger partial charge in [-0.05, 0) is 62.9 Å². The molecule has 1 unspecified atom stereocenters. The molecule has 1 atom stereocenters. The van der Waals surface area contributed by atoms with Gasteiger partial charge >= 0.3 is 0 Å². The second kappa shape index (κ2) is 11.1. The molecule has 1 N–H and O–H groups in total. The second-order valence-corrected chi connectivity index (χ2v) is 8.70. The lowest BCUT2D eigenvalue weighted by molar-refractivity contribution is -0.126. The highest BCUT2D eigenvalue weighted by Crippen LogP contribution is 2.21. The second-order valence-electron chi connectivity index (χ2n) is 8.70. The van der Waals surface area contributed by atoms with E-state index in [2.05, 4.69) is 32.5 Å². The van der Waals surface area contributed by atoms with E-state index >= 15 is 0 Å². The zero-order valence-corrected chi connectivity index (χ0v) is 19.4. The summed E-state index contributed by atoms with van der Waals surface area (Å²) in [5, 5.41) is 7.25. The molecule has 1 aliphatic rings. The molecule has 174 valence electrons. The number of aromatic nitrogens is 2.